The van der Waals surface area contributed by atoms with Crippen LogP contribution >= 0.6 is 0 Å². The SMILES string of the molecule is CCC(CC)NC1CC(C)(C)Cc2oc(C)cc21. The summed E-state index contributed by atoms with van der Waals surface area (Å²) < 4.78 is 5.88. The van der Waals surface area contributed by atoms with Gasteiger partial charge in [0.2, 0.25) is 0 Å². The summed E-state index contributed by atoms with van der Waals surface area (Å²) >= 11 is 0. The minimum absolute atomic E-state index is 0.334. The van der Waals surface area contributed by atoms with Crippen LogP contribution in [0.4, 0.5) is 0 Å². The Hall–Kier alpha value is -0.760. The fourth-order valence-corrected chi connectivity index (χ4v) is 3.14. The first-order chi connectivity index (χ1) is 8.45. The first-order valence-electron chi connectivity index (χ1n) is 7.30. The summed E-state index contributed by atoms with van der Waals surface area (Å²) in [6.07, 6.45) is 4.66. The maximum atomic E-state index is 5.88. The van der Waals surface area contributed by atoms with Gasteiger partial charge in [-0.25, -0.2) is 0 Å². The molecular formula is C16H27NO. The third kappa shape index (κ3) is 2.80. The summed E-state index contributed by atoms with van der Waals surface area (Å²) in [5, 5.41) is 3.82. The summed E-state index contributed by atoms with van der Waals surface area (Å²) in [4.78, 5) is 0. The number of furan rings is 1. The van der Waals surface area contributed by atoms with Crippen LogP contribution in [0.1, 0.15) is 70.1 Å². The third-order valence-corrected chi connectivity index (χ3v) is 4.16. The Balaban J connectivity index is 2.24. The van der Waals surface area contributed by atoms with Crippen molar-refractivity contribution < 1.29 is 4.42 Å². The summed E-state index contributed by atoms with van der Waals surface area (Å²) in [6, 6.07) is 3.31. The molecule has 0 aliphatic heterocycles. The molecule has 0 saturated heterocycles. The zero-order valence-corrected chi connectivity index (χ0v) is 12.5. The standard InChI is InChI=1S/C16H27NO/c1-6-12(7-2)17-14-9-16(4,5)10-15-13(14)8-11(3)18-15/h8,12,14,17H,6-7,9-10H2,1-5H3. The van der Waals surface area contributed by atoms with Gasteiger partial charge in [0, 0.05) is 24.1 Å². The quantitative estimate of drug-likeness (QED) is 0.856. The van der Waals surface area contributed by atoms with Crippen molar-refractivity contribution in [3.05, 3.63) is 23.2 Å². The molecule has 0 bridgehead atoms. The van der Waals surface area contributed by atoms with Crippen LogP contribution in [0.2, 0.25) is 0 Å². The number of hydrogen-bond donors (Lipinski definition) is 1. The highest BCUT2D eigenvalue weighted by molar-refractivity contribution is 5.29. The minimum atomic E-state index is 0.334. The van der Waals surface area contributed by atoms with Crippen LogP contribution in [0.3, 0.4) is 0 Å². The molecule has 2 heteroatoms. The Morgan fingerprint density at radius 2 is 2.06 bits per heavy atom. The molecule has 1 aromatic heterocycles. The highest BCUT2D eigenvalue weighted by atomic mass is 16.3. The zero-order valence-electron chi connectivity index (χ0n) is 12.5. The fourth-order valence-electron chi connectivity index (χ4n) is 3.14. The van der Waals surface area contributed by atoms with Gasteiger partial charge in [0.1, 0.15) is 11.5 Å². The molecule has 1 aliphatic carbocycles. The van der Waals surface area contributed by atoms with E-state index in [1.165, 1.54) is 30.6 Å². The summed E-state index contributed by atoms with van der Waals surface area (Å²) in [7, 11) is 0. The van der Waals surface area contributed by atoms with Gasteiger partial charge < -0.3 is 9.73 Å². The molecule has 1 atom stereocenters. The van der Waals surface area contributed by atoms with Gasteiger partial charge in [0.25, 0.3) is 0 Å². The number of aryl methyl sites for hydroxylation is 1. The van der Waals surface area contributed by atoms with Crippen molar-refractivity contribution in [1.29, 1.82) is 0 Å². The zero-order chi connectivity index (χ0) is 13.3. The van der Waals surface area contributed by atoms with E-state index >= 15 is 0 Å². The topological polar surface area (TPSA) is 25.2 Å². The normalized spacial score (nSPS) is 22.2. The van der Waals surface area contributed by atoms with Crippen LogP contribution in [0.5, 0.6) is 0 Å². The Morgan fingerprint density at radius 1 is 1.39 bits per heavy atom. The minimum Gasteiger partial charge on any atom is -0.466 e. The predicted molar refractivity (Wildman–Crippen MR) is 75.8 cm³/mol. The Kier molecular flexibility index (Phi) is 3.86. The highest BCUT2D eigenvalue weighted by Gasteiger charge is 2.35. The van der Waals surface area contributed by atoms with Crippen molar-refractivity contribution in [2.24, 2.45) is 5.41 Å². The molecule has 0 aromatic carbocycles. The first kappa shape index (κ1) is 13.7. The van der Waals surface area contributed by atoms with Gasteiger partial charge in [0.15, 0.2) is 0 Å². The lowest BCUT2D eigenvalue weighted by Gasteiger charge is -2.36. The molecule has 1 N–H and O–H groups in total. The van der Waals surface area contributed by atoms with Gasteiger partial charge in [-0.1, -0.05) is 27.7 Å². The molecule has 18 heavy (non-hydrogen) atoms. The maximum absolute atomic E-state index is 5.88. The van der Waals surface area contributed by atoms with E-state index in [1.807, 2.05) is 0 Å². The van der Waals surface area contributed by atoms with Gasteiger partial charge in [-0.15, -0.1) is 0 Å². The monoisotopic (exact) mass is 249 g/mol. The van der Waals surface area contributed by atoms with Gasteiger partial charge >= 0.3 is 0 Å². The molecule has 2 nitrogen and oxygen atoms in total. The molecule has 0 radical (unpaired) electrons. The second kappa shape index (κ2) is 5.08. The highest BCUT2D eigenvalue weighted by Crippen LogP contribution is 2.42. The van der Waals surface area contributed by atoms with Crippen molar-refractivity contribution in [2.45, 2.75) is 72.4 Å². The van der Waals surface area contributed by atoms with Crippen molar-refractivity contribution >= 4 is 0 Å². The average molecular weight is 249 g/mol. The molecule has 102 valence electrons. The lowest BCUT2D eigenvalue weighted by atomic mass is 9.74. The lowest BCUT2D eigenvalue weighted by molar-refractivity contribution is 0.222. The summed E-state index contributed by atoms with van der Waals surface area (Å²) in [5.74, 6) is 2.25. The molecule has 1 aromatic rings. The molecule has 0 spiro atoms. The van der Waals surface area contributed by atoms with Crippen LogP contribution in [-0.4, -0.2) is 6.04 Å². The van der Waals surface area contributed by atoms with E-state index in [4.69, 9.17) is 4.42 Å². The fraction of sp³-hybridized carbons (Fsp3) is 0.750. The van der Waals surface area contributed by atoms with E-state index in [1.54, 1.807) is 0 Å². The average Bonchev–Trinajstić information content (AvgIpc) is 2.64. The van der Waals surface area contributed by atoms with Gasteiger partial charge in [-0.2, -0.15) is 0 Å². The van der Waals surface area contributed by atoms with Gasteiger partial charge in [-0.3, -0.25) is 0 Å². The molecule has 1 heterocycles. The third-order valence-electron chi connectivity index (χ3n) is 4.16. The molecule has 2 rings (SSSR count). The largest absolute Gasteiger partial charge is 0.466 e. The van der Waals surface area contributed by atoms with Crippen LogP contribution in [-0.2, 0) is 6.42 Å². The van der Waals surface area contributed by atoms with Crippen molar-refractivity contribution in [2.75, 3.05) is 0 Å². The first-order valence-corrected chi connectivity index (χ1v) is 7.30. The van der Waals surface area contributed by atoms with Crippen molar-refractivity contribution in [1.82, 2.24) is 5.32 Å². The van der Waals surface area contributed by atoms with Crippen LogP contribution in [0.15, 0.2) is 10.5 Å². The summed E-state index contributed by atoms with van der Waals surface area (Å²) in [5.41, 5.74) is 1.74. The number of hydrogen-bond acceptors (Lipinski definition) is 2. The molecule has 0 saturated carbocycles. The van der Waals surface area contributed by atoms with E-state index in [0.29, 0.717) is 17.5 Å². The maximum Gasteiger partial charge on any atom is 0.109 e. The molecule has 1 unspecified atom stereocenters. The van der Waals surface area contributed by atoms with E-state index in [0.717, 1.165) is 12.2 Å². The summed E-state index contributed by atoms with van der Waals surface area (Å²) in [6.45, 7) is 11.3. The molecule has 0 amide bonds. The molecule has 0 fully saturated rings. The van der Waals surface area contributed by atoms with Gasteiger partial charge in [-0.05, 0) is 37.7 Å². The Labute approximate surface area is 111 Å². The molecular weight excluding hydrogens is 222 g/mol. The van der Waals surface area contributed by atoms with E-state index < -0.39 is 0 Å². The second-order valence-corrected chi connectivity index (χ2v) is 6.51. The number of fused-ring (bicyclic) bond motifs is 1. The Bertz CT molecular complexity index is 401. The lowest BCUT2D eigenvalue weighted by Crippen LogP contribution is -2.37. The van der Waals surface area contributed by atoms with E-state index in [2.05, 4.69) is 46.0 Å². The van der Waals surface area contributed by atoms with E-state index in [9.17, 15) is 0 Å². The number of rotatable bonds is 4. The van der Waals surface area contributed by atoms with Crippen LogP contribution in [0.25, 0.3) is 0 Å². The van der Waals surface area contributed by atoms with Crippen molar-refractivity contribution in [3.8, 4) is 0 Å². The Morgan fingerprint density at radius 3 is 2.67 bits per heavy atom. The smallest absolute Gasteiger partial charge is 0.109 e. The van der Waals surface area contributed by atoms with Crippen LogP contribution < -0.4 is 5.32 Å². The van der Waals surface area contributed by atoms with E-state index in [-0.39, 0.29) is 0 Å². The molecule has 1 aliphatic rings. The van der Waals surface area contributed by atoms with Crippen LogP contribution in [0, 0.1) is 12.3 Å². The van der Waals surface area contributed by atoms with Gasteiger partial charge in [0.05, 0.1) is 0 Å². The van der Waals surface area contributed by atoms with Crippen molar-refractivity contribution in [3.63, 3.8) is 0 Å². The number of nitrogens with one attached hydrogen (secondary N) is 1. The predicted octanol–water partition coefficient (Wildman–Crippen LogP) is 4.38. The second-order valence-electron chi connectivity index (χ2n) is 6.51.